The number of aryl methyl sites for hydroxylation is 3. The fourth-order valence-electron chi connectivity index (χ4n) is 4.14. The highest BCUT2D eigenvalue weighted by atomic mass is 16.2. The van der Waals surface area contributed by atoms with Crippen molar-refractivity contribution in [2.24, 2.45) is 0 Å². The number of likely N-dealkylation sites (N-methyl/N-ethyl adjacent to an activating group) is 1. The summed E-state index contributed by atoms with van der Waals surface area (Å²) < 4.78 is 0. The van der Waals surface area contributed by atoms with Crippen molar-refractivity contribution in [1.82, 2.24) is 9.80 Å². The van der Waals surface area contributed by atoms with E-state index in [-0.39, 0.29) is 24.9 Å². The Morgan fingerprint density at radius 1 is 1.07 bits per heavy atom. The van der Waals surface area contributed by atoms with E-state index in [1.807, 2.05) is 30.7 Å². The van der Waals surface area contributed by atoms with Gasteiger partial charge in [0.05, 0.1) is 13.1 Å². The molecular formula is C23H33N3O2. The molecule has 0 atom stereocenters. The minimum absolute atomic E-state index is 0.0831. The van der Waals surface area contributed by atoms with Crippen molar-refractivity contribution >= 4 is 17.5 Å². The molecule has 3 rings (SSSR count). The van der Waals surface area contributed by atoms with E-state index in [9.17, 15) is 9.59 Å². The highest BCUT2D eigenvalue weighted by Gasteiger charge is 2.35. The van der Waals surface area contributed by atoms with Crippen LogP contribution in [0.1, 0.15) is 55.2 Å². The lowest BCUT2D eigenvalue weighted by Crippen LogP contribution is -2.42. The molecule has 0 aromatic heterocycles. The van der Waals surface area contributed by atoms with Crippen molar-refractivity contribution in [3.63, 3.8) is 0 Å². The monoisotopic (exact) mass is 383 g/mol. The maximum Gasteiger partial charge on any atom is 0.241 e. The Labute approximate surface area is 168 Å². The summed E-state index contributed by atoms with van der Waals surface area (Å²) in [7, 11) is 1.84. The smallest absolute Gasteiger partial charge is 0.241 e. The number of rotatable bonds is 7. The second-order valence-corrected chi connectivity index (χ2v) is 8.43. The van der Waals surface area contributed by atoms with Crippen molar-refractivity contribution in [1.29, 1.82) is 0 Å². The Bertz CT molecular complexity index is 757. The minimum atomic E-state index is -0.0831. The molecule has 2 amide bonds. The number of carbonyl (C=O) groups is 2. The van der Waals surface area contributed by atoms with Crippen LogP contribution in [0.15, 0.2) is 23.9 Å². The van der Waals surface area contributed by atoms with Crippen LogP contribution in [0.4, 0.5) is 5.69 Å². The Morgan fingerprint density at radius 2 is 1.75 bits per heavy atom. The summed E-state index contributed by atoms with van der Waals surface area (Å²) in [6.45, 7) is 6.55. The number of amides is 2. The van der Waals surface area contributed by atoms with Crippen LogP contribution in [0.5, 0.6) is 0 Å². The number of hydrogen-bond acceptors (Lipinski definition) is 3. The molecule has 1 N–H and O–H groups in total. The lowest BCUT2D eigenvalue weighted by molar-refractivity contribution is -0.131. The lowest BCUT2D eigenvalue weighted by Gasteiger charge is -2.29. The molecule has 0 spiro atoms. The topological polar surface area (TPSA) is 52.7 Å². The maximum absolute atomic E-state index is 12.9. The first-order valence-electron chi connectivity index (χ1n) is 10.4. The molecule has 0 bridgehead atoms. The predicted molar refractivity (Wildman–Crippen MR) is 113 cm³/mol. The second kappa shape index (κ2) is 8.91. The number of nitrogens with zero attached hydrogens (tertiary/aromatic N) is 2. The van der Waals surface area contributed by atoms with Gasteiger partial charge in [-0.3, -0.25) is 14.5 Å². The molecule has 1 saturated carbocycles. The molecule has 0 aliphatic heterocycles. The van der Waals surface area contributed by atoms with Gasteiger partial charge in [0.15, 0.2) is 0 Å². The summed E-state index contributed by atoms with van der Waals surface area (Å²) in [5.41, 5.74) is 5.39. The molecule has 2 aliphatic carbocycles. The zero-order valence-corrected chi connectivity index (χ0v) is 17.7. The Morgan fingerprint density at radius 3 is 2.32 bits per heavy atom. The lowest BCUT2D eigenvalue weighted by atomic mass is 10.0. The van der Waals surface area contributed by atoms with Crippen LogP contribution in [0.25, 0.3) is 0 Å². The predicted octanol–water partition coefficient (Wildman–Crippen LogP) is 3.93. The van der Waals surface area contributed by atoms with Gasteiger partial charge in [-0.25, -0.2) is 0 Å². The van der Waals surface area contributed by atoms with Crippen LogP contribution in [-0.2, 0) is 9.59 Å². The first-order chi connectivity index (χ1) is 13.3. The summed E-state index contributed by atoms with van der Waals surface area (Å²) in [5.74, 6) is 0.0360. The number of hydrogen-bond donors (Lipinski definition) is 1. The second-order valence-electron chi connectivity index (χ2n) is 8.43. The highest BCUT2D eigenvalue weighted by molar-refractivity contribution is 5.94. The fourth-order valence-corrected chi connectivity index (χ4v) is 4.14. The quantitative estimate of drug-likeness (QED) is 0.776. The van der Waals surface area contributed by atoms with E-state index in [2.05, 4.69) is 30.4 Å². The van der Waals surface area contributed by atoms with Gasteiger partial charge >= 0.3 is 0 Å². The van der Waals surface area contributed by atoms with E-state index in [4.69, 9.17) is 0 Å². The van der Waals surface area contributed by atoms with Crippen molar-refractivity contribution < 1.29 is 9.59 Å². The van der Waals surface area contributed by atoms with Gasteiger partial charge in [0.25, 0.3) is 0 Å². The molecule has 0 saturated heterocycles. The summed E-state index contributed by atoms with van der Waals surface area (Å²) in [4.78, 5) is 29.3. The van der Waals surface area contributed by atoms with Gasteiger partial charge in [-0.2, -0.15) is 0 Å². The average molecular weight is 384 g/mol. The molecule has 5 heteroatoms. The summed E-state index contributed by atoms with van der Waals surface area (Å²) in [5, 5.41) is 3.02. The molecule has 28 heavy (non-hydrogen) atoms. The number of nitrogens with one attached hydrogen (secondary N) is 1. The molecule has 0 unspecified atom stereocenters. The van der Waals surface area contributed by atoms with Crippen LogP contribution >= 0.6 is 0 Å². The van der Waals surface area contributed by atoms with Crippen molar-refractivity contribution in [3.05, 3.63) is 40.6 Å². The van der Waals surface area contributed by atoms with Crippen molar-refractivity contribution in [2.75, 3.05) is 25.5 Å². The molecule has 2 aliphatic rings. The molecule has 1 fully saturated rings. The fraction of sp³-hybridized carbons (Fsp3) is 0.565. The summed E-state index contributed by atoms with van der Waals surface area (Å²) in [6, 6.07) is 4.51. The van der Waals surface area contributed by atoms with Gasteiger partial charge in [0.2, 0.25) is 11.8 Å². The average Bonchev–Trinajstić information content (AvgIpc) is 3.44. The maximum atomic E-state index is 12.9. The van der Waals surface area contributed by atoms with Crippen LogP contribution in [-0.4, -0.2) is 47.8 Å². The minimum Gasteiger partial charge on any atom is -0.324 e. The largest absolute Gasteiger partial charge is 0.324 e. The van der Waals surface area contributed by atoms with Gasteiger partial charge < -0.3 is 10.2 Å². The third-order valence-electron chi connectivity index (χ3n) is 5.52. The van der Waals surface area contributed by atoms with E-state index in [1.165, 1.54) is 17.7 Å². The standard InChI is InChI=1S/C23H33N3O2/c1-16-12-17(2)23(18(3)13-16)24-21(27)14-25(4)15-22(28)26(20-10-11-20)19-8-6-5-7-9-19/h8,12-13,20H,5-7,9-11,14-15H2,1-4H3,(H,24,27). The Kier molecular flexibility index (Phi) is 6.55. The van der Waals surface area contributed by atoms with Gasteiger partial charge in [0, 0.05) is 17.4 Å². The van der Waals surface area contributed by atoms with Crippen LogP contribution in [0.2, 0.25) is 0 Å². The molecule has 1 aromatic rings. The summed E-state index contributed by atoms with van der Waals surface area (Å²) >= 11 is 0. The van der Waals surface area contributed by atoms with E-state index in [0.29, 0.717) is 6.04 Å². The SMILES string of the molecule is Cc1cc(C)c(NC(=O)CN(C)CC(=O)N(C2=CCCCC2)C2CC2)c(C)c1. The van der Waals surface area contributed by atoms with Crippen molar-refractivity contribution in [2.45, 2.75) is 65.3 Å². The molecule has 1 aromatic carbocycles. The zero-order chi connectivity index (χ0) is 20.3. The third-order valence-corrected chi connectivity index (χ3v) is 5.52. The van der Waals surface area contributed by atoms with Crippen molar-refractivity contribution in [3.8, 4) is 0 Å². The van der Waals surface area contributed by atoms with Gasteiger partial charge in [-0.1, -0.05) is 23.8 Å². The van der Waals surface area contributed by atoms with Crippen LogP contribution < -0.4 is 5.32 Å². The van der Waals surface area contributed by atoms with Gasteiger partial charge in [-0.15, -0.1) is 0 Å². The molecule has 0 heterocycles. The summed E-state index contributed by atoms with van der Waals surface area (Å²) in [6.07, 6.45) is 8.87. The van der Waals surface area contributed by atoms with Crippen LogP contribution in [0.3, 0.4) is 0 Å². The van der Waals surface area contributed by atoms with E-state index >= 15 is 0 Å². The van der Waals surface area contributed by atoms with Crippen LogP contribution in [0, 0.1) is 20.8 Å². The van der Waals surface area contributed by atoms with Gasteiger partial charge in [-0.05, 0) is 77.5 Å². The normalized spacial score (nSPS) is 16.7. The Hall–Kier alpha value is -2.14. The molecule has 5 nitrogen and oxygen atoms in total. The van der Waals surface area contributed by atoms with E-state index in [0.717, 1.165) is 48.9 Å². The van der Waals surface area contributed by atoms with Gasteiger partial charge in [0.1, 0.15) is 0 Å². The first-order valence-corrected chi connectivity index (χ1v) is 10.4. The zero-order valence-electron chi connectivity index (χ0n) is 17.7. The number of allylic oxidation sites excluding steroid dienone is 2. The molecule has 0 radical (unpaired) electrons. The number of anilines is 1. The number of benzene rings is 1. The highest BCUT2D eigenvalue weighted by Crippen LogP contribution is 2.33. The van der Waals surface area contributed by atoms with E-state index < -0.39 is 0 Å². The van der Waals surface area contributed by atoms with E-state index in [1.54, 1.807) is 0 Å². The Balaban J connectivity index is 1.57. The third kappa shape index (κ3) is 5.22. The molecule has 152 valence electrons. The molecular weight excluding hydrogens is 350 g/mol. The first kappa shape index (κ1) is 20.6. The number of carbonyl (C=O) groups excluding carboxylic acids is 2.